The average Bonchev–Trinajstić information content (AvgIpc) is 1.96. The van der Waals surface area contributed by atoms with Crippen molar-refractivity contribution in [2.75, 3.05) is 0 Å². The smallest absolute Gasteiger partial charge is 0.0384 e. The van der Waals surface area contributed by atoms with Crippen molar-refractivity contribution in [1.29, 1.82) is 0 Å². The van der Waals surface area contributed by atoms with Crippen molar-refractivity contribution in [2.24, 2.45) is 23.7 Å². The summed E-state index contributed by atoms with van der Waals surface area (Å²) in [6, 6.07) is 0. The monoisotopic (exact) mass is 168 g/mol. The predicted octanol–water partition coefficient (Wildman–Crippen LogP) is 4.10. The fourth-order valence-corrected chi connectivity index (χ4v) is 2.58. The lowest BCUT2D eigenvalue weighted by Crippen LogP contribution is -2.22. The first-order valence-electron chi connectivity index (χ1n) is 5.59. The summed E-state index contributed by atoms with van der Waals surface area (Å²) in [7, 11) is 0. The molecule has 1 saturated carbocycles. The summed E-state index contributed by atoms with van der Waals surface area (Å²) in [6.07, 6.45) is 5.87. The zero-order valence-corrected chi connectivity index (χ0v) is 9.14. The number of hydrogen-bond donors (Lipinski definition) is 0. The molecule has 0 N–H and O–H groups in total. The van der Waals surface area contributed by atoms with Gasteiger partial charge in [-0.15, -0.1) is 0 Å². The van der Waals surface area contributed by atoms with E-state index in [1.807, 2.05) is 0 Å². The Kier molecular flexibility index (Phi) is 3.61. The lowest BCUT2D eigenvalue weighted by Gasteiger charge is -2.33. The van der Waals surface area contributed by atoms with Gasteiger partial charge in [-0.1, -0.05) is 40.5 Å². The Bertz CT molecular complexity index is 124. The first kappa shape index (κ1) is 10.1. The third kappa shape index (κ3) is 2.80. The molecule has 0 aromatic rings. The zero-order chi connectivity index (χ0) is 9.14. The normalized spacial score (nSPS) is 37.2. The van der Waals surface area contributed by atoms with E-state index in [-0.39, 0.29) is 0 Å². The maximum absolute atomic E-state index is 2.44. The van der Waals surface area contributed by atoms with Gasteiger partial charge in [-0.3, -0.25) is 0 Å². The second kappa shape index (κ2) is 4.30. The minimum atomic E-state index is 0.891. The summed E-state index contributed by atoms with van der Waals surface area (Å²) in [5, 5.41) is 0. The summed E-state index contributed by atoms with van der Waals surface area (Å²) in [5.74, 6) is 3.89. The molecular formula is C12H24. The van der Waals surface area contributed by atoms with Crippen LogP contribution in [0.15, 0.2) is 0 Å². The summed E-state index contributed by atoms with van der Waals surface area (Å²) < 4.78 is 0. The van der Waals surface area contributed by atoms with Gasteiger partial charge in [-0.2, -0.15) is 0 Å². The van der Waals surface area contributed by atoms with E-state index in [0.717, 1.165) is 23.7 Å². The molecule has 0 aliphatic heterocycles. The summed E-state index contributed by atoms with van der Waals surface area (Å²) in [4.78, 5) is 0. The number of hydrogen-bond acceptors (Lipinski definition) is 0. The van der Waals surface area contributed by atoms with E-state index in [0.29, 0.717) is 0 Å². The highest BCUT2D eigenvalue weighted by atomic mass is 14.3. The van der Waals surface area contributed by atoms with Gasteiger partial charge in [0.05, 0.1) is 0 Å². The molecule has 1 fully saturated rings. The summed E-state index contributed by atoms with van der Waals surface area (Å²) in [5.41, 5.74) is 0. The standard InChI is InChI=1S/C12H24/c1-9(2)7-12-8-10(3)5-6-11(12)4/h9-12H,5-8H2,1-4H3/t10-,11-,12-/m1/s1. The molecular weight excluding hydrogens is 144 g/mol. The molecule has 0 spiro atoms. The van der Waals surface area contributed by atoms with Crippen LogP contribution in [0.4, 0.5) is 0 Å². The van der Waals surface area contributed by atoms with Crippen molar-refractivity contribution in [3.8, 4) is 0 Å². The van der Waals surface area contributed by atoms with Crippen LogP contribution in [0.1, 0.15) is 53.4 Å². The van der Waals surface area contributed by atoms with Gasteiger partial charge < -0.3 is 0 Å². The van der Waals surface area contributed by atoms with Crippen LogP contribution < -0.4 is 0 Å². The van der Waals surface area contributed by atoms with Crippen molar-refractivity contribution in [2.45, 2.75) is 53.4 Å². The third-order valence-electron chi connectivity index (χ3n) is 3.40. The molecule has 0 bridgehead atoms. The lowest BCUT2D eigenvalue weighted by molar-refractivity contribution is 0.177. The topological polar surface area (TPSA) is 0 Å². The quantitative estimate of drug-likeness (QED) is 0.582. The first-order valence-corrected chi connectivity index (χ1v) is 5.59. The average molecular weight is 168 g/mol. The molecule has 0 heteroatoms. The minimum absolute atomic E-state index is 0.891. The molecule has 1 aliphatic rings. The maximum Gasteiger partial charge on any atom is -0.0384 e. The Labute approximate surface area is 77.7 Å². The van der Waals surface area contributed by atoms with Gasteiger partial charge in [0.1, 0.15) is 0 Å². The van der Waals surface area contributed by atoms with Gasteiger partial charge >= 0.3 is 0 Å². The Hall–Kier alpha value is 0. The largest absolute Gasteiger partial charge is 0.0628 e. The van der Waals surface area contributed by atoms with Gasteiger partial charge in [0, 0.05) is 0 Å². The molecule has 3 atom stereocenters. The molecule has 0 amide bonds. The lowest BCUT2D eigenvalue weighted by atomic mass is 9.72. The Morgan fingerprint density at radius 1 is 1.17 bits per heavy atom. The molecule has 1 aliphatic carbocycles. The van der Waals surface area contributed by atoms with Crippen LogP contribution in [-0.4, -0.2) is 0 Å². The van der Waals surface area contributed by atoms with Gasteiger partial charge in [0.25, 0.3) is 0 Å². The van der Waals surface area contributed by atoms with E-state index in [1.54, 1.807) is 0 Å². The molecule has 0 aromatic carbocycles. The van der Waals surface area contributed by atoms with E-state index in [1.165, 1.54) is 25.7 Å². The van der Waals surface area contributed by atoms with Crippen LogP contribution in [0.2, 0.25) is 0 Å². The van der Waals surface area contributed by atoms with Crippen LogP contribution in [0.25, 0.3) is 0 Å². The van der Waals surface area contributed by atoms with E-state index < -0.39 is 0 Å². The first-order chi connectivity index (χ1) is 5.59. The molecule has 0 heterocycles. The van der Waals surface area contributed by atoms with Crippen molar-refractivity contribution in [3.05, 3.63) is 0 Å². The van der Waals surface area contributed by atoms with Crippen molar-refractivity contribution in [3.63, 3.8) is 0 Å². The second-order valence-corrected chi connectivity index (χ2v) is 5.29. The van der Waals surface area contributed by atoms with Crippen LogP contribution in [0.5, 0.6) is 0 Å². The zero-order valence-electron chi connectivity index (χ0n) is 9.14. The highest BCUT2D eigenvalue weighted by Crippen LogP contribution is 2.36. The van der Waals surface area contributed by atoms with Gasteiger partial charge in [0.2, 0.25) is 0 Å². The molecule has 0 nitrogen and oxygen atoms in total. The molecule has 0 saturated heterocycles. The van der Waals surface area contributed by atoms with Crippen molar-refractivity contribution >= 4 is 0 Å². The third-order valence-corrected chi connectivity index (χ3v) is 3.40. The summed E-state index contributed by atoms with van der Waals surface area (Å²) >= 11 is 0. The fourth-order valence-electron chi connectivity index (χ4n) is 2.58. The second-order valence-electron chi connectivity index (χ2n) is 5.29. The minimum Gasteiger partial charge on any atom is -0.0628 e. The SMILES string of the molecule is CC(C)C[C@@H]1C[C@H](C)CC[C@H]1C. The molecule has 0 aromatic heterocycles. The van der Waals surface area contributed by atoms with Crippen LogP contribution in [0, 0.1) is 23.7 Å². The Morgan fingerprint density at radius 3 is 2.42 bits per heavy atom. The highest BCUT2D eigenvalue weighted by molar-refractivity contribution is 4.76. The predicted molar refractivity (Wildman–Crippen MR) is 55.1 cm³/mol. The van der Waals surface area contributed by atoms with Crippen LogP contribution in [0.3, 0.4) is 0 Å². The van der Waals surface area contributed by atoms with E-state index in [9.17, 15) is 0 Å². The number of rotatable bonds is 2. The molecule has 1 rings (SSSR count). The molecule has 0 radical (unpaired) electrons. The summed E-state index contributed by atoms with van der Waals surface area (Å²) in [6.45, 7) is 9.57. The fraction of sp³-hybridized carbons (Fsp3) is 1.00. The van der Waals surface area contributed by atoms with Crippen molar-refractivity contribution in [1.82, 2.24) is 0 Å². The molecule has 0 unspecified atom stereocenters. The van der Waals surface area contributed by atoms with Crippen LogP contribution in [-0.2, 0) is 0 Å². The van der Waals surface area contributed by atoms with Gasteiger partial charge in [-0.25, -0.2) is 0 Å². The molecule has 72 valence electrons. The Balaban J connectivity index is 2.38. The van der Waals surface area contributed by atoms with Crippen molar-refractivity contribution < 1.29 is 0 Å². The van der Waals surface area contributed by atoms with Gasteiger partial charge in [0.15, 0.2) is 0 Å². The van der Waals surface area contributed by atoms with E-state index in [2.05, 4.69) is 27.7 Å². The van der Waals surface area contributed by atoms with E-state index >= 15 is 0 Å². The molecule has 12 heavy (non-hydrogen) atoms. The van der Waals surface area contributed by atoms with Crippen LogP contribution >= 0.6 is 0 Å². The Morgan fingerprint density at radius 2 is 1.83 bits per heavy atom. The van der Waals surface area contributed by atoms with E-state index in [4.69, 9.17) is 0 Å². The van der Waals surface area contributed by atoms with Gasteiger partial charge in [-0.05, 0) is 36.5 Å². The highest BCUT2D eigenvalue weighted by Gasteiger charge is 2.25. The maximum atomic E-state index is 2.44.